The maximum Gasteiger partial charge on any atom is 1.00 e. The molecule has 7 nitrogen and oxygen atoms in total. The first kappa shape index (κ1) is 24.6. The number of rotatable bonds is 4. The molecule has 0 rings (SSSR count). The smallest absolute Gasteiger partial charge is 1.00 e. The number of carboxylic acids is 1. The largest absolute Gasteiger partial charge is 1.00 e. The molecule has 0 atom stereocenters. The molecule has 0 heterocycles. The van der Waals surface area contributed by atoms with Crippen LogP contribution in [0.5, 0.6) is 0 Å². The molecule has 0 aliphatic rings. The minimum atomic E-state index is -4.72. The van der Waals surface area contributed by atoms with Crippen LogP contribution in [0.4, 0.5) is 0 Å². The summed E-state index contributed by atoms with van der Waals surface area (Å²) in [6.07, 6.45) is -1.18. The van der Waals surface area contributed by atoms with Gasteiger partial charge in [0, 0.05) is 13.5 Å². The minimum absolute atomic E-state index is 0. The van der Waals surface area contributed by atoms with Gasteiger partial charge < -0.3 is 22.9 Å². The summed E-state index contributed by atoms with van der Waals surface area (Å²) in [6, 6.07) is 0. The van der Waals surface area contributed by atoms with Gasteiger partial charge in [-0.15, -0.1) is 0 Å². The van der Waals surface area contributed by atoms with Crippen LogP contribution >= 0.6 is 7.60 Å². The molecule has 0 unspecified atom stereocenters. The van der Waals surface area contributed by atoms with Crippen molar-refractivity contribution in [2.24, 2.45) is 0 Å². The van der Waals surface area contributed by atoms with Crippen LogP contribution < -0.4 is 37.7 Å². The van der Waals surface area contributed by atoms with Gasteiger partial charge in [0.1, 0.15) is 0 Å². The number of aliphatic hydroxyl groups excluding tert-OH is 1. The fourth-order valence-corrected chi connectivity index (χ4v) is 0.763. The minimum Gasteiger partial charge on any atom is -1.00 e. The standard InChI is InChI=1S/C4H7O6P.CH4O.2Li.2H/c5-3(6)1-2-4(7)11(8,9)10;1-2;;;;/h1-2H2,(H,5,6)(H2,8,9,10);2H,1H3;;;;/q;;2*+1;2*-1. The monoisotopic (exact) mass is 230 g/mol. The van der Waals surface area contributed by atoms with Crippen molar-refractivity contribution in [1.29, 1.82) is 0 Å². The Morgan fingerprint density at radius 1 is 1.13 bits per heavy atom. The third-order valence-corrected chi connectivity index (χ3v) is 1.75. The first-order valence-corrected chi connectivity index (χ1v) is 4.70. The van der Waals surface area contributed by atoms with Gasteiger partial charge in [-0.2, -0.15) is 0 Å². The Balaban J connectivity index is -0.0000000477. The van der Waals surface area contributed by atoms with Crippen molar-refractivity contribution in [2.75, 3.05) is 7.11 Å². The van der Waals surface area contributed by atoms with Crippen LogP contribution in [0.3, 0.4) is 0 Å². The van der Waals surface area contributed by atoms with E-state index in [1.54, 1.807) is 0 Å². The van der Waals surface area contributed by atoms with Crippen molar-refractivity contribution < 1.29 is 74.7 Å². The van der Waals surface area contributed by atoms with Crippen LogP contribution in [-0.2, 0) is 14.2 Å². The quantitative estimate of drug-likeness (QED) is 0.278. The zero-order valence-corrected chi connectivity index (χ0v) is 9.77. The molecule has 0 fully saturated rings. The topological polar surface area (TPSA) is 132 Å². The molecule has 0 saturated carbocycles. The molecule has 0 aromatic heterocycles. The van der Waals surface area contributed by atoms with Crippen LogP contribution in [0.15, 0.2) is 0 Å². The number of hydrogen-bond acceptors (Lipinski definition) is 4. The Morgan fingerprint density at radius 3 is 1.67 bits per heavy atom. The van der Waals surface area contributed by atoms with Gasteiger partial charge in [-0.1, -0.05) is 0 Å². The molecular weight excluding hydrogens is 217 g/mol. The third-order valence-electron chi connectivity index (χ3n) is 0.878. The molecule has 0 aromatic rings. The van der Waals surface area contributed by atoms with Gasteiger partial charge in [0.05, 0.1) is 6.42 Å². The van der Waals surface area contributed by atoms with Crippen LogP contribution in [0.25, 0.3) is 0 Å². The van der Waals surface area contributed by atoms with Gasteiger partial charge >= 0.3 is 51.3 Å². The average molecular weight is 230 g/mol. The predicted molar refractivity (Wildman–Crippen MR) is 44.3 cm³/mol. The maximum absolute atomic E-state index is 10.3. The second-order valence-electron chi connectivity index (χ2n) is 1.83. The molecule has 4 N–H and O–H groups in total. The van der Waals surface area contributed by atoms with Crippen molar-refractivity contribution in [3.8, 4) is 0 Å². The van der Waals surface area contributed by atoms with E-state index in [9.17, 15) is 14.2 Å². The van der Waals surface area contributed by atoms with E-state index in [4.69, 9.17) is 20.0 Å². The van der Waals surface area contributed by atoms with E-state index in [1.807, 2.05) is 0 Å². The molecule has 0 radical (unpaired) electrons. The van der Waals surface area contributed by atoms with Gasteiger partial charge in [-0.25, -0.2) is 0 Å². The summed E-state index contributed by atoms with van der Waals surface area (Å²) in [5.41, 5.74) is -1.33. The number of aliphatic hydroxyl groups is 1. The molecule has 0 saturated heterocycles. The zero-order valence-electron chi connectivity index (χ0n) is 10.9. The summed E-state index contributed by atoms with van der Waals surface area (Å²) in [4.78, 5) is 36.5. The van der Waals surface area contributed by atoms with E-state index in [2.05, 4.69) is 0 Å². The van der Waals surface area contributed by atoms with Crippen molar-refractivity contribution in [1.82, 2.24) is 0 Å². The van der Waals surface area contributed by atoms with Crippen LogP contribution in [-0.4, -0.2) is 38.6 Å². The maximum atomic E-state index is 10.3. The predicted octanol–water partition coefficient (Wildman–Crippen LogP) is -6.60. The third kappa shape index (κ3) is 17.1. The van der Waals surface area contributed by atoms with E-state index in [1.165, 1.54) is 0 Å². The second kappa shape index (κ2) is 12.5. The summed E-state index contributed by atoms with van der Waals surface area (Å²) in [5.74, 6) is -1.26. The van der Waals surface area contributed by atoms with Crippen molar-refractivity contribution in [3.63, 3.8) is 0 Å². The van der Waals surface area contributed by atoms with Gasteiger partial charge in [0.2, 0.25) is 5.52 Å². The van der Waals surface area contributed by atoms with E-state index >= 15 is 0 Å². The van der Waals surface area contributed by atoms with Gasteiger partial charge in [-0.05, 0) is 0 Å². The molecule has 10 heteroatoms. The molecule has 82 valence electrons. The molecule has 0 aliphatic heterocycles. The van der Waals surface area contributed by atoms with E-state index < -0.39 is 31.9 Å². The summed E-state index contributed by atoms with van der Waals surface area (Å²) in [5, 5.41) is 15.0. The zero-order chi connectivity index (χ0) is 11.1. The van der Waals surface area contributed by atoms with Crippen LogP contribution in [0, 0.1) is 0 Å². The molecule has 0 aliphatic carbocycles. The Labute approximate surface area is 114 Å². The van der Waals surface area contributed by atoms with Crippen LogP contribution in [0.2, 0.25) is 0 Å². The summed E-state index contributed by atoms with van der Waals surface area (Å²) < 4.78 is 10.1. The average Bonchev–Trinajstić information content (AvgIpc) is 2.02. The SMILES string of the molecule is CO.O=C(O)CCC(=O)P(=O)(O)O.[H-].[H-].[Li+].[Li+]. The fourth-order valence-electron chi connectivity index (χ4n) is 0.360. The summed E-state index contributed by atoms with van der Waals surface area (Å²) in [7, 11) is -3.72. The Bertz CT molecular complexity index is 234. The fraction of sp³-hybridized carbons (Fsp3) is 0.600. The van der Waals surface area contributed by atoms with Crippen molar-refractivity contribution in [2.45, 2.75) is 12.8 Å². The summed E-state index contributed by atoms with van der Waals surface area (Å²) in [6.45, 7) is 0. The Kier molecular flexibility index (Phi) is 20.5. The molecule has 0 spiro atoms. The van der Waals surface area contributed by atoms with Gasteiger partial charge in [0.15, 0.2) is 0 Å². The molecular formula is C5H13Li2O7P. The molecule has 0 amide bonds. The van der Waals surface area contributed by atoms with E-state index in [0.717, 1.165) is 7.11 Å². The number of carbonyl (C=O) groups is 2. The number of aliphatic carboxylic acids is 1. The summed E-state index contributed by atoms with van der Waals surface area (Å²) >= 11 is 0. The van der Waals surface area contributed by atoms with Crippen molar-refractivity contribution in [3.05, 3.63) is 0 Å². The van der Waals surface area contributed by atoms with Crippen LogP contribution in [0.1, 0.15) is 15.7 Å². The molecule has 0 aromatic carbocycles. The first-order valence-electron chi connectivity index (χ1n) is 3.09. The van der Waals surface area contributed by atoms with Crippen molar-refractivity contribution >= 4 is 19.1 Å². The number of carbonyl (C=O) groups excluding carboxylic acids is 1. The number of carboxylic acid groups (broad SMARTS) is 1. The Hall–Kier alpha value is 0.445. The number of hydrogen-bond donors (Lipinski definition) is 4. The van der Waals surface area contributed by atoms with Gasteiger partial charge in [-0.3, -0.25) is 14.2 Å². The normalized spacial score (nSPS) is 8.53. The molecule has 15 heavy (non-hydrogen) atoms. The first-order chi connectivity index (χ1) is 5.84. The second-order valence-corrected chi connectivity index (χ2v) is 3.42. The van der Waals surface area contributed by atoms with Gasteiger partial charge in [0.25, 0.3) is 0 Å². The van der Waals surface area contributed by atoms with E-state index in [0.29, 0.717) is 0 Å². The molecule has 0 bridgehead atoms. The van der Waals surface area contributed by atoms with E-state index in [-0.39, 0.29) is 40.6 Å². The Morgan fingerprint density at radius 2 is 1.47 bits per heavy atom.